The second kappa shape index (κ2) is 8.89. The summed E-state index contributed by atoms with van der Waals surface area (Å²) in [6.45, 7) is 3.00. The van der Waals surface area contributed by atoms with Crippen LogP contribution in [0.3, 0.4) is 0 Å². The van der Waals surface area contributed by atoms with Crippen LogP contribution in [0.2, 0.25) is 0 Å². The number of aliphatic hydroxyl groups is 4. The molecule has 0 bridgehead atoms. The normalized spacial score (nSPS) is 46.9. The van der Waals surface area contributed by atoms with E-state index in [4.69, 9.17) is 23.7 Å². The Hall–Kier alpha value is -3.50. The summed E-state index contributed by atoms with van der Waals surface area (Å²) in [5.41, 5.74) is -5.61. The van der Waals surface area contributed by atoms with E-state index in [9.17, 15) is 45.3 Å². The van der Waals surface area contributed by atoms with Gasteiger partial charge in [0, 0.05) is 12.3 Å². The van der Waals surface area contributed by atoms with Gasteiger partial charge in [-0.2, -0.15) is 0 Å². The maximum Gasteiger partial charge on any atom is 0.338 e. The van der Waals surface area contributed by atoms with Crippen LogP contribution in [0.5, 0.6) is 17.2 Å². The molecule has 4 saturated carbocycles. The molecule has 14 nitrogen and oxygen atoms in total. The summed E-state index contributed by atoms with van der Waals surface area (Å²) in [6, 6.07) is 10.2. The lowest BCUT2D eigenvalue weighted by Gasteiger charge is -3.10. The summed E-state index contributed by atoms with van der Waals surface area (Å²) in [5.74, 6) is -4.22. The van der Waals surface area contributed by atoms with Crippen LogP contribution in [0, 0.1) is 16.7 Å². The largest absolute Gasteiger partial charge is 0.504 e. The number of carbonyl (C=O) groups is 2. The van der Waals surface area contributed by atoms with Crippen molar-refractivity contribution in [2.24, 2.45) is 16.7 Å². The molecule has 8 rings (SSSR count). The van der Waals surface area contributed by atoms with Gasteiger partial charge in [-0.15, -0.1) is 0 Å². The van der Waals surface area contributed by atoms with Crippen LogP contribution in [0.4, 0.5) is 0 Å². The molecule has 7 N–H and O–H groups in total. The number of phenols is 3. The highest BCUT2D eigenvalue weighted by molar-refractivity contribution is 5.91. The predicted molar refractivity (Wildman–Crippen MR) is 149 cm³/mol. The lowest BCUT2D eigenvalue weighted by molar-refractivity contribution is -0.734. The van der Waals surface area contributed by atoms with Gasteiger partial charge in [-0.1, -0.05) is 18.2 Å². The molecule has 4 unspecified atom stereocenters. The van der Waals surface area contributed by atoms with Gasteiger partial charge in [0.15, 0.2) is 23.5 Å². The molecule has 14 heteroatoms. The van der Waals surface area contributed by atoms with Crippen LogP contribution >= 0.6 is 0 Å². The Kier molecular flexibility index (Phi) is 5.77. The second-order valence-corrected chi connectivity index (χ2v) is 13.8. The SMILES string of the molecule is CC12O[C@@]3(C)C[C@@]4(O)C5C[C@@]1(O[C@@H]1O[C@H](COC(=O)c6cc(O)c(O)c(O)c6)[C@@H](O)[C@H](O)[C@H]1O)C5(COC(=O)c1ccccc1)C243. The van der Waals surface area contributed by atoms with Crippen LogP contribution in [0.15, 0.2) is 42.5 Å². The molecule has 2 aromatic carbocycles. The van der Waals surface area contributed by atoms with Crippen LogP contribution < -0.4 is 0 Å². The minimum absolute atomic E-state index is 0.0937. The van der Waals surface area contributed by atoms with Gasteiger partial charge in [-0.05, 0) is 44.5 Å². The first-order valence-electron chi connectivity index (χ1n) is 15.1. The number of hydrogen-bond donors (Lipinski definition) is 7. The highest BCUT2D eigenvalue weighted by atomic mass is 16.7. The molecule has 12 atom stereocenters. The van der Waals surface area contributed by atoms with E-state index >= 15 is 0 Å². The maximum absolute atomic E-state index is 13.0. The average molecular weight is 643 g/mol. The van der Waals surface area contributed by atoms with E-state index in [2.05, 4.69) is 0 Å². The van der Waals surface area contributed by atoms with Crippen molar-refractivity contribution >= 4 is 11.9 Å². The number of phenolic OH excluding ortho intramolecular Hbond substituents is 3. The van der Waals surface area contributed by atoms with Gasteiger partial charge >= 0.3 is 11.9 Å². The molecule has 0 radical (unpaired) electrons. The topological polar surface area (TPSA) is 222 Å². The van der Waals surface area contributed by atoms with Crippen molar-refractivity contribution in [2.45, 2.75) is 79.8 Å². The van der Waals surface area contributed by atoms with Crippen LogP contribution in [0.1, 0.15) is 47.4 Å². The zero-order valence-corrected chi connectivity index (χ0v) is 24.8. The van der Waals surface area contributed by atoms with Gasteiger partial charge < -0.3 is 59.4 Å². The highest BCUT2D eigenvalue weighted by Crippen LogP contribution is 3.06. The molecule has 0 aromatic heterocycles. The maximum atomic E-state index is 13.0. The standard InChI is InChI=1S/C32H34O14/c1-27-12-30(41)19-10-31(28(2,46-27)32(27,30)29(19,31)13-43-24(39)14-6-4-3-5-7-14)45-26-23(38)22(37)21(36)18(44-26)11-42-25(40)15-8-16(33)20(35)17(34)9-15/h3-9,18-19,21-23,26,33-38,41H,10-13H2,1-2H3/t18-,19?,21-,22+,23-,26+,27+,28?,29?,30-,31+,32?/m1/s1. The summed E-state index contributed by atoms with van der Waals surface area (Å²) in [5, 5.41) is 73.2. The van der Waals surface area contributed by atoms with Crippen molar-refractivity contribution < 1.29 is 69.0 Å². The Morgan fingerprint density at radius 1 is 0.913 bits per heavy atom. The molecule has 1 spiro atoms. The van der Waals surface area contributed by atoms with E-state index in [1.807, 2.05) is 13.8 Å². The fourth-order valence-electron chi connectivity index (χ4n) is 10.9. The number of aromatic hydroxyl groups is 3. The molecule has 2 saturated heterocycles. The van der Waals surface area contributed by atoms with E-state index < -0.39 is 99.7 Å². The Bertz CT molecular complexity index is 1640. The lowest BCUT2D eigenvalue weighted by Crippen LogP contribution is -3.22. The van der Waals surface area contributed by atoms with Crippen molar-refractivity contribution in [2.75, 3.05) is 13.2 Å². The van der Waals surface area contributed by atoms with Crippen molar-refractivity contribution in [3.63, 3.8) is 0 Å². The van der Waals surface area contributed by atoms with E-state index in [1.165, 1.54) is 0 Å². The van der Waals surface area contributed by atoms with Gasteiger partial charge in [0.05, 0.1) is 33.2 Å². The molecular weight excluding hydrogens is 608 g/mol. The number of aliphatic hydroxyl groups excluding tert-OH is 3. The second-order valence-electron chi connectivity index (χ2n) is 13.8. The number of rotatable bonds is 8. The van der Waals surface area contributed by atoms with Crippen LogP contribution in [-0.4, -0.2) is 114 Å². The molecule has 0 amide bonds. The Morgan fingerprint density at radius 3 is 2.22 bits per heavy atom. The number of carbonyl (C=O) groups excluding carboxylic acids is 2. The third-order valence-electron chi connectivity index (χ3n) is 12.1. The summed E-state index contributed by atoms with van der Waals surface area (Å²) in [6.07, 6.45) is -7.45. The first-order chi connectivity index (χ1) is 21.6. The highest BCUT2D eigenvalue weighted by Gasteiger charge is 3.18. The monoisotopic (exact) mass is 642 g/mol. The van der Waals surface area contributed by atoms with E-state index in [-0.39, 0.29) is 18.1 Å². The third kappa shape index (κ3) is 2.90. The number of fused-ring (bicyclic) bond motifs is 2. The molecule has 6 fully saturated rings. The molecular formula is C32H34O14. The summed E-state index contributed by atoms with van der Waals surface area (Å²) >= 11 is 0. The van der Waals surface area contributed by atoms with E-state index in [1.54, 1.807) is 30.3 Å². The third-order valence-corrected chi connectivity index (χ3v) is 12.1. The summed E-state index contributed by atoms with van der Waals surface area (Å²) in [4.78, 5) is 25.6. The minimum Gasteiger partial charge on any atom is -0.504 e. The van der Waals surface area contributed by atoms with Crippen molar-refractivity contribution in [1.82, 2.24) is 0 Å². The van der Waals surface area contributed by atoms with Gasteiger partial charge in [0.25, 0.3) is 0 Å². The van der Waals surface area contributed by atoms with E-state index in [0.717, 1.165) is 12.1 Å². The van der Waals surface area contributed by atoms with Gasteiger partial charge in [-0.3, -0.25) is 0 Å². The molecule has 2 aliphatic heterocycles. The molecule has 246 valence electrons. The molecule has 2 aromatic rings. The first-order valence-corrected chi connectivity index (χ1v) is 15.1. The quantitative estimate of drug-likeness (QED) is 0.150. The Morgan fingerprint density at radius 2 is 1.57 bits per heavy atom. The average Bonchev–Trinajstić information content (AvgIpc) is 3.01. The van der Waals surface area contributed by atoms with Gasteiger partial charge in [0.1, 0.15) is 48.8 Å². The number of esters is 2. The van der Waals surface area contributed by atoms with Crippen LogP contribution in [0.25, 0.3) is 0 Å². The lowest BCUT2D eigenvalue weighted by atomic mass is 9.00. The molecule has 46 heavy (non-hydrogen) atoms. The van der Waals surface area contributed by atoms with Gasteiger partial charge in [0.2, 0.25) is 0 Å². The molecule has 4 aliphatic carbocycles. The Labute approximate surface area is 261 Å². The number of hydrogen-bond acceptors (Lipinski definition) is 14. The fraction of sp³-hybridized carbons (Fsp3) is 0.562. The predicted octanol–water partition coefficient (Wildman–Crippen LogP) is 0.0825. The zero-order valence-electron chi connectivity index (χ0n) is 24.8. The first kappa shape index (κ1) is 29.9. The van der Waals surface area contributed by atoms with Crippen LogP contribution in [-0.2, 0) is 23.7 Å². The molecule has 2 heterocycles. The molecule has 6 aliphatic rings. The smallest absolute Gasteiger partial charge is 0.338 e. The zero-order chi connectivity index (χ0) is 32.8. The summed E-state index contributed by atoms with van der Waals surface area (Å²) < 4.78 is 29.9. The van der Waals surface area contributed by atoms with Crippen molar-refractivity contribution in [3.05, 3.63) is 53.6 Å². The van der Waals surface area contributed by atoms with Crippen molar-refractivity contribution in [3.8, 4) is 17.2 Å². The number of benzene rings is 2. The fourth-order valence-corrected chi connectivity index (χ4v) is 10.9. The minimum atomic E-state index is -1.78. The van der Waals surface area contributed by atoms with E-state index in [0.29, 0.717) is 18.4 Å². The number of ether oxygens (including phenoxy) is 5. The van der Waals surface area contributed by atoms with Crippen molar-refractivity contribution in [1.29, 1.82) is 0 Å². The van der Waals surface area contributed by atoms with Gasteiger partial charge in [-0.25, -0.2) is 9.59 Å². The summed E-state index contributed by atoms with van der Waals surface area (Å²) in [7, 11) is 0. The Balaban J connectivity index is 1.04.